The zero-order valence-electron chi connectivity index (χ0n) is 10.7. The first-order valence-electron chi connectivity index (χ1n) is 6.49. The number of hydrogen-bond donors (Lipinski definition) is 2. The predicted octanol–water partition coefficient (Wildman–Crippen LogP) is 2.01. The van der Waals surface area contributed by atoms with Gasteiger partial charge in [-0.25, -0.2) is 0 Å². The highest BCUT2D eigenvalue weighted by atomic mass is 16.7. The van der Waals surface area contributed by atoms with E-state index >= 15 is 0 Å². The van der Waals surface area contributed by atoms with Gasteiger partial charge in [-0.3, -0.25) is 9.63 Å². The van der Waals surface area contributed by atoms with Crippen molar-refractivity contribution in [3.63, 3.8) is 0 Å². The smallest absolute Gasteiger partial charge is 0.251 e. The lowest BCUT2D eigenvalue weighted by molar-refractivity contribution is -0.0244. The van der Waals surface area contributed by atoms with Crippen LogP contribution < -0.4 is 10.8 Å². The fraction of sp³-hybridized carbons (Fsp3) is 0.500. The topological polar surface area (TPSA) is 50.4 Å². The molecule has 0 unspecified atom stereocenters. The summed E-state index contributed by atoms with van der Waals surface area (Å²) in [4.78, 5) is 16.9. The fourth-order valence-corrected chi connectivity index (χ4v) is 2.17. The minimum atomic E-state index is -0.0586. The number of carbonyl (C=O) groups is 1. The van der Waals surface area contributed by atoms with Crippen molar-refractivity contribution in [2.45, 2.75) is 38.3 Å². The monoisotopic (exact) mass is 248 g/mol. The molecule has 0 aliphatic heterocycles. The van der Waals surface area contributed by atoms with E-state index in [0.717, 1.165) is 18.4 Å². The highest BCUT2D eigenvalue weighted by molar-refractivity contribution is 5.93. The lowest BCUT2D eigenvalue weighted by atomic mass is 10.1. The van der Waals surface area contributed by atoms with E-state index in [4.69, 9.17) is 4.84 Å². The first kappa shape index (κ1) is 13.1. The molecule has 0 atom stereocenters. The highest BCUT2D eigenvalue weighted by Gasteiger charge is 2.15. The molecule has 4 heteroatoms. The van der Waals surface area contributed by atoms with Crippen molar-refractivity contribution in [2.75, 3.05) is 7.05 Å². The summed E-state index contributed by atoms with van der Waals surface area (Å²) in [6.07, 6.45) is 5.22. The molecule has 0 bridgehead atoms. The van der Waals surface area contributed by atoms with E-state index in [1.807, 2.05) is 24.3 Å². The molecule has 4 nitrogen and oxygen atoms in total. The van der Waals surface area contributed by atoms with Gasteiger partial charge < -0.3 is 5.32 Å². The van der Waals surface area contributed by atoms with Crippen molar-refractivity contribution < 1.29 is 9.63 Å². The number of nitrogens with one attached hydrogen (secondary N) is 2. The summed E-state index contributed by atoms with van der Waals surface area (Å²) < 4.78 is 0. The Hall–Kier alpha value is -1.39. The molecular formula is C14H20N2O2. The standard InChI is InChI=1S/C14H20N2O2/c1-15-14(17)12-8-6-11(7-9-12)10-16-18-13-4-2-3-5-13/h6-9,13,16H,2-5,10H2,1H3,(H,15,17). The summed E-state index contributed by atoms with van der Waals surface area (Å²) in [7, 11) is 1.63. The van der Waals surface area contributed by atoms with E-state index in [1.54, 1.807) is 7.05 Å². The number of hydroxylamine groups is 1. The third kappa shape index (κ3) is 3.55. The summed E-state index contributed by atoms with van der Waals surface area (Å²) >= 11 is 0. The third-order valence-electron chi connectivity index (χ3n) is 3.27. The molecule has 1 aliphatic carbocycles. The zero-order valence-corrected chi connectivity index (χ0v) is 10.7. The molecule has 0 spiro atoms. The maximum Gasteiger partial charge on any atom is 0.251 e. The molecule has 0 heterocycles. The van der Waals surface area contributed by atoms with Gasteiger partial charge in [-0.05, 0) is 30.5 Å². The molecule has 2 rings (SSSR count). The second kappa shape index (κ2) is 6.52. The Morgan fingerprint density at radius 3 is 2.56 bits per heavy atom. The van der Waals surface area contributed by atoms with Gasteiger partial charge in [0.2, 0.25) is 0 Å². The summed E-state index contributed by atoms with van der Waals surface area (Å²) in [5.41, 5.74) is 4.80. The Morgan fingerprint density at radius 2 is 1.94 bits per heavy atom. The number of benzene rings is 1. The van der Waals surface area contributed by atoms with E-state index in [2.05, 4.69) is 10.8 Å². The SMILES string of the molecule is CNC(=O)c1ccc(CNOC2CCCC2)cc1. The maximum absolute atomic E-state index is 11.4. The van der Waals surface area contributed by atoms with Crippen molar-refractivity contribution in [3.8, 4) is 0 Å². The molecule has 1 aromatic rings. The van der Waals surface area contributed by atoms with Crippen LogP contribution in [0.15, 0.2) is 24.3 Å². The number of carbonyl (C=O) groups excluding carboxylic acids is 1. The molecule has 1 aromatic carbocycles. The fourth-order valence-electron chi connectivity index (χ4n) is 2.17. The molecule has 1 amide bonds. The summed E-state index contributed by atoms with van der Waals surface area (Å²) in [5, 5.41) is 2.60. The molecule has 0 saturated heterocycles. The first-order valence-corrected chi connectivity index (χ1v) is 6.49. The normalized spacial score (nSPS) is 15.8. The van der Waals surface area contributed by atoms with Gasteiger partial charge in [-0.1, -0.05) is 25.0 Å². The van der Waals surface area contributed by atoms with Crippen molar-refractivity contribution in [1.29, 1.82) is 0 Å². The van der Waals surface area contributed by atoms with Gasteiger partial charge in [0.05, 0.1) is 6.10 Å². The molecule has 1 fully saturated rings. The van der Waals surface area contributed by atoms with Crippen LogP contribution in [0.1, 0.15) is 41.6 Å². The predicted molar refractivity (Wildman–Crippen MR) is 70.0 cm³/mol. The van der Waals surface area contributed by atoms with Crippen molar-refractivity contribution in [2.24, 2.45) is 0 Å². The molecule has 0 radical (unpaired) electrons. The lowest BCUT2D eigenvalue weighted by Gasteiger charge is -2.11. The maximum atomic E-state index is 11.4. The summed E-state index contributed by atoms with van der Waals surface area (Å²) in [5.74, 6) is -0.0586. The molecule has 2 N–H and O–H groups in total. The van der Waals surface area contributed by atoms with E-state index in [0.29, 0.717) is 18.2 Å². The number of amides is 1. The van der Waals surface area contributed by atoms with E-state index in [9.17, 15) is 4.79 Å². The summed E-state index contributed by atoms with van der Waals surface area (Å²) in [6.45, 7) is 0.671. The van der Waals surface area contributed by atoms with Crippen LogP contribution in [0.4, 0.5) is 0 Å². The molecule has 0 aromatic heterocycles. The Morgan fingerprint density at radius 1 is 1.28 bits per heavy atom. The van der Waals surface area contributed by atoms with Gasteiger partial charge in [0, 0.05) is 19.2 Å². The van der Waals surface area contributed by atoms with Crippen LogP contribution in [0.2, 0.25) is 0 Å². The van der Waals surface area contributed by atoms with Crippen LogP contribution in [-0.2, 0) is 11.4 Å². The van der Waals surface area contributed by atoms with Gasteiger partial charge in [-0.2, -0.15) is 5.48 Å². The average molecular weight is 248 g/mol. The van der Waals surface area contributed by atoms with Crippen LogP contribution in [0.3, 0.4) is 0 Å². The van der Waals surface area contributed by atoms with E-state index in [1.165, 1.54) is 12.8 Å². The Labute approximate surface area is 108 Å². The highest BCUT2D eigenvalue weighted by Crippen LogP contribution is 2.19. The van der Waals surface area contributed by atoms with Crippen molar-refractivity contribution in [1.82, 2.24) is 10.8 Å². The van der Waals surface area contributed by atoms with Gasteiger partial charge in [-0.15, -0.1) is 0 Å². The zero-order chi connectivity index (χ0) is 12.8. The van der Waals surface area contributed by atoms with Gasteiger partial charge >= 0.3 is 0 Å². The minimum absolute atomic E-state index is 0.0586. The van der Waals surface area contributed by atoms with E-state index < -0.39 is 0 Å². The third-order valence-corrected chi connectivity index (χ3v) is 3.27. The minimum Gasteiger partial charge on any atom is -0.355 e. The van der Waals surface area contributed by atoms with Crippen LogP contribution in [0, 0.1) is 0 Å². The van der Waals surface area contributed by atoms with Crippen molar-refractivity contribution >= 4 is 5.91 Å². The van der Waals surface area contributed by atoms with E-state index in [-0.39, 0.29) is 5.91 Å². The Kier molecular flexibility index (Phi) is 4.73. The molecule has 1 saturated carbocycles. The summed E-state index contributed by atoms with van der Waals surface area (Å²) in [6, 6.07) is 7.53. The Balaban J connectivity index is 1.77. The molecule has 18 heavy (non-hydrogen) atoms. The molecule has 1 aliphatic rings. The largest absolute Gasteiger partial charge is 0.355 e. The lowest BCUT2D eigenvalue weighted by Crippen LogP contribution is -2.21. The average Bonchev–Trinajstić information content (AvgIpc) is 2.92. The van der Waals surface area contributed by atoms with Crippen LogP contribution in [0.25, 0.3) is 0 Å². The van der Waals surface area contributed by atoms with Crippen LogP contribution in [-0.4, -0.2) is 19.1 Å². The molecule has 98 valence electrons. The number of hydrogen-bond acceptors (Lipinski definition) is 3. The second-order valence-electron chi connectivity index (χ2n) is 4.62. The molecular weight excluding hydrogens is 228 g/mol. The first-order chi connectivity index (χ1) is 8.79. The quantitative estimate of drug-likeness (QED) is 0.784. The van der Waals surface area contributed by atoms with Crippen LogP contribution in [0.5, 0.6) is 0 Å². The Bertz CT molecular complexity index is 383. The van der Waals surface area contributed by atoms with Gasteiger partial charge in [0.15, 0.2) is 0 Å². The van der Waals surface area contributed by atoms with Gasteiger partial charge in [0.25, 0.3) is 5.91 Å². The van der Waals surface area contributed by atoms with Gasteiger partial charge in [0.1, 0.15) is 0 Å². The van der Waals surface area contributed by atoms with Crippen LogP contribution >= 0.6 is 0 Å². The number of rotatable bonds is 5. The van der Waals surface area contributed by atoms with Crippen molar-refractivity contribution in [3.05, 3.63) is 35.4 Å². The second-order valence-corrected chi connectivity index (χ2v) is 4.62.